The van der Waals surface area contributed by atoms with Crippen molar-refractivity contribution in [3.05, 3.63) is 0 Å². The Balaban J connectivity index is 0.00000264. The summed E-state index contributed by atoms with van der Waals surface area (Å²) < 4.78 is 5.41. The van der Waals surface area contributed by atoms with Crippen molar-refractivity contribution in [3.63, 3.8) is 0 Å². The maximum absolute atomic E-state index is 13.0. The molecule has 2 unspecified atom stereocenters. The number of carbonyl (C=O) groups excluding carboxylic acids is 1. The first-order valence-electron chi connectivity index (χ1n) is 8.41. The molecule has 2 rings (SSSR count). The van der Waals surface area contributed by atoms with Gasteiger partial charge in [0.15, 0.2) is 0 Å². The minimum Gasteiger partial charge on any atom is -0.481 e. The Morgan fingerprint density at radius 3 is 2.17 bits per heavy atom. The Hall–Kier alpha value is -0.560. The Kier molecular flexibility index (Phi) is 10.9. The molecule has 6 nitrogen and oxygen atoms in total. The van der Waals surface area contributed by atoms with Crippen LogP contribution in [0.1, 0.15) is 33.1 Å². The van der Waals surface area contributed by atoms with E-state index in [-0.39, 0.29) is 36.8 Å². The summed E-state index contributed by atoms with van der Waals surface area (Å²) in [4.78, 5) is 28.1. The van der Waals surface area contributed by atoms with Gasteiger partial charge in [0.05, 0.1) is 25.2 Å². The second-order valence-electron chi connectivity index (χ2n) is 6.28. The van der Waals surface area contributed by atoms with Gasteiger partial charge >= 0.3 is 5.97 Å². The van der Waals surface area contributed by atoms with Gasteiger partial charge in [-0.05, 0) is 12.3 Å². The van der Waals surface area contributed by atoms with Crippen LogP contribution in [0, 0.1) is 11.8 Å². The molecule has 0 aromatic carbocycles. The zero-order valence-corrected chi connectivity index (χ0v) is 16.1. The van der Waals surface area contributed by atoms with Crippen molar-refractivity contribution in [2.75, 3.05) is 39.4 Å². The number of hydrogen-bond donors (Lipinski definition) is 1. The normalized spacial score (nSPS) is 22.6. The van der Waals surface area contributed by atoms with E-state index in [0.717, 1.165) is 25.9 Å². The van der Waals surface area contributed by atoms with E-state index in [1.165, 1.54) is 0 Å². The van der Waals surface area contributed by atoms with Gasteiger partial charge in [0.25, 0.3) is 0 Å². The first-order chi connectivity index (χ1) is 10.6. The third-order valence-electron chi connectivity index (χ3n) is 5.04. The molecule has 8 heteroatoms. The van der Waals surface area contributed by atoms with Crippen molar-refractivity contribution in [3.8, 4) is 0 Å². The van der Waals surface area contributed by atoms with E-state index in [4.69, 9.17) is 9.84 Å². The second kappa shape index (κ2) is 11.1. The molecule has 142 valence electrons. The molecule has 2 atom stereocenters. The third-order valence-corrected chi connectivity index (χ3v) is 5.04. The largest absolute Gasteiger partial charge is 0.481 e. The number of carbonyl (C=O) groups is 2. The van der Waals surface area contributed by atoms with Crippen molar-refractivity contribution >= 4 is 36.7 Å². The SMILES string of the molecule is CCC(CC)C(C(=O)N1CCC(C(=O)O)C1)N1CCOCC1.Cl.Cl. The predicted molar refractivity (Wildman–Crippen MR) is 97.1 cm³/mol. The highest BCUT2D eigenvalue weighted by Crippen LogP contribution is 2.25. The van der Waals surface area contributed by atoms with Crippen LogP contribution in [0.25, 0.3) is 0 Å². The molecule has 1 N–H and O–H groups in total. The van der Waals surface area contributed by atoms with Crippen molar-refractivity contribution < 1.29 is 19.4 Å². The van der Waals surface area contributed by atoms with Crippen LogP contribution in [0.4, 0.5) is 0 Å². The average Bonchev–Trinajstić information content (AvgIpc) is 3.03. The summed E-state index contributed by atoms with van der Waals surface area (Å²) in [5.74, 6) is -0.773. The zero-order valence-electron chi connectivity index (χ0n) is 14.5. The van der Waals surface area contributed by atoms with Crippen LogP contribution in [0.2, 0.25) is 0 Å². The number of nitrogens with zero attached hydrogens (tertiary/aromatic N) is 2. The molecule has 24 heavy (non-hydrogen) atoms. The summed E-state index contributed by atoms with van der Waals surface area (Å²) in [5.41, 5.74) is 0. The summed E-state index contributed by atoms with van der Waals surface area (Å²) in [6, 6.07) is -0.133. The monoisotopic (exact) mass is 384 g/mol. The van der Waals surface area contributed by atoms with E-state index < -0.39 is 11.9 Å². The molecule has 2 aliphatic rings. The summed E-state index contributed by atoms with van der Waals surface area (Å²) in [5, 5.41) is 9.14. The minimum absolute atomic E-state index is 0. The molecule has 0 bridgehead atoms. The fourth-order valence-electron chi connectivity index (χ4n) is 3.60. The topological polar surface area (TPSA) is 70.1 Å². The van der Waals surface area contributed by atoms with Crippen LogP contribution in [0.3, 0.4) is 0 Å². The van der Waals surface area contributed by atoms with Crippen molar-refractivity contribution in [2.24, 2.45) is 11.8 Å². The molecular weight excluding hydrogens is 355 g/mol. The van der Waals surface area contributed by atoms with Crippen LogP contribution >= 0.6 is 24.8 Å². The molecule has 0 saturated carbocycles. The summed E-state index contributed by atoms with van der Waals surface area (Å²) >= 11 is 0. The highest BCUT2D eigenvalue weighted by atomic mass is 35.5. The van der Waals surface area contributed by atoms with Gasteiger partial charge in [-0.1, -0.05) is 26.7 Å². The smallest absolute Gasteiger partial charge is 0.308 e. The zero-order chi connectivity index (χ0) is 16.1. The van der Waals surface area contributed by atoms with Crippen LogP contribution in [-0.4, -0.2) is 72.2 Å². The first kappa shape index (κ1) is 23.4. The lowest BCUT2D eigenvalue weighted by molar-refractivity contribution is -0.143. The molecule has 0 aromatic rings. The molecule has 2 heterocycles. The summed E-state index contributed by atoms with van der Waals surface area (Å²) in [6.07, 6.45) is 2.49. The summed E-state index contributed by atoms with van der Waals surface area (Å²) in [7, 11) is 0. The molecule has 0 spiro atoms. The standard InChI is InChI=1S/C16H28N2O4.2ClH/c1-3-12(4-2)14(17-7-9-22-10-8-17)15(19)18-6-5-13(11-18)16(20)21;;/h12-14H,3-11H2,1-2H3,(H,20,21);2*1H. The van der Waals surface area contributed by atoms with Crippen LogP contribution in [0.15, 0.2) is 0 Å². The van der Waals surface area contributed by atoms with Crippen molar-refractivity contribution in [1.29, 1.82) is 0 Å². The number of hydrogen-bond acceptors (Lipinski definition) is 4. The van der Waals surface area contributed by atoms with E-state index in [9.17, 15) is 9.59 Å². The lowest BCUT2D eigenvalue weighted by Gasteiger charge is -2.39. The van der Waals surface area contributed by atoms with Gasteiger partial charge < -0.3 is 14.7 Å². The molecular formula is C16H30Cl2N2O4. The number of halogens is 2. The average molecular weight is 385 g/mol. The number of carboxylic acids is 1. The number of amides is 1. The van der Waals surface area contributed by atoms with E-state index in [0.29, 0.717) is 38.6 Å². The number of carboxylic acid groups (broad SMARTS) is 1. The fraction of sp³-hybridized carbons (Fsp3) is 0.875. The van der Waals surface area contributed by atoms with E-state index in [1.54, 1.807) is 4.90 Å². The Bertz CT molecular complexity index is 402. The fourth-order valence-corrected chi connectivity index (χ4v) is 3.60. The quantitative estimate of drug-likeness (QED) is 0.756. The van der Waals surface area contributed by atoms with Crippen molar-refractivity contribution in [1.82, 2.24) is 9.80 Å². The predicted octanol–water partition coefficient (Wildman–Crippen LogP) is 1.90. The number of rotatable bonds is 6. The second-order valence-corrected chi connectivity index (χ2v) is 6.28. The van der Waals surface area contributed by atoms with Gasteiger partial charge in [0, 0.05) is 26.2 Å². The van der Waals surface area contributed by atoms with Gasteiger partial charge in [0.1, 0.15) is 0 Å². The number of ether oxygens (including phenoxy) is 1. The van der Waals surface area contributed by atoms with Crippen LogP contribution in [-0.2, 0) is 14.3 Å². The maximum Gasteiger partial charge on any atom is 0.308 e. The molecule has 0 aliphatic carbocycles. The van der Waals surface area contributed by atoms with Crippen LogP contribution < -0.4 is 0 Å². The number of likely N-dealkylation sites (tertiary alicyclic amines) is 1. The van der Waals surface area contributed by atoms with E-state index >= 15 is 0 Å². The number of aliphatic carboxylic acids is 1. The molecule has 2 aliphatic heterocycles. The Morgan fingerprint density at radius 1 is 1.12 bits per heavy atom. The molecule has 0 radical (unpaired) electrons. The van der Waals surface area contributed by atoms with E-state index in [2.05, 4.69) is 18.7 Å². The highest BCUT2D eigenvalue weighted by Gasteiger charge is 2.39. The van der Waals surface area contributed by atoms with Crippen molar-refractivity contribution in [2.45, 2.75) is 39.2 Å². The first-order valence-corrected chi connectivity index (χ1v) is 8.41. The van der Waals surface area contributed by atoms with Crippen LogP contribution in [0.5, 0.6) is 0 Å². The lowest BCUT2D eigenvalue weighted by Crippen LogP contribution is -2.55. The Morgan fingerprint density at radius 2 is 1.71 bits per heavy atom. The highest BCUT2D eigenvalue weighted by molar-refractivity contribution is 5.85. The number of morpholine rings is 1. The van der Waals surface area contributed by atoms with Gasteiger partial charge in [-0.25, -0.2) is 0 Å². The molecule has 1 amide bonds. The minimum atomic E-state index is -0.791. The Labute approximate surface area is 156 Å². The summed E-state index contributed by atoms with van der Waals surface area (Å²) in [6.45, 7) is 8.07. The van der Waals surface area contributed by atoms with Gasteiger partial charge in [0.2, 0.25) is 5.91 Å². The molecule has 2 saturated heterocycles. The lowest BCUT2D eigenvalue weighted by atomic mass is 9.91. The molecule has 0 aromatic heterocycles. The third kappa shape index (κ3) is 5.48. The van der Waals surface area contributed by atoms with Gasteiger partial charge in [-0.15, -0.1) is 24.8 Å². The molecule has 2 fully saturated rings. The van der Waals surface area contributed by atoms with Gasteiger partial charge in [-0.3, -0.25) is 14.5 Å². The van der Waals surface area contributed by atoms with E-state index in [1.807, 2.05) is 0 Å². The van der Waals surface area contributed by atoms with Gasteiger partial charge in [-0.2, -0.15) is 0 Å². The maximum atomic E-state index is 13.0.